The van der Waals surface area contributed by atoms with Crippen molar-refractivity contribution in [2.75, 3.05) is 40.9 Å². The average molecular weight is 189 g/mol. The van der Waals surface area contributed by atoms with Gasteiger partial charge in [-0.25, -0.2) is 0 Å². The second-order valence-electron chi connectivity index (χ2n) is 3.40. The van der Waals surface area contributed by atoms with Crippen LogP contribution in [-0.2, 0) is 9.53 Å². The molecule has 0 spiro atoms. The number of nitrogens with one attached hydrogen (secondary N) is 2. The molecule has 0 aliphatic heterocycles. The van der Waals surface area contributed by atoms with Crippen molar-refractivity contribution in [3.8, 4) is 0 Å². The molecule has 0 aromatic rings. The monoisotopic (exact) mass is 189 g/mol. The molecule has 0 bridgehead atoms. The predicted octanol–water partition coefficient (Wildman–Crippen LogP) is -1.33. The lowest BCUT2D eigenvalue weighted by Crippen LogP contribution is -3.05. The van der Waals surface area contributed by atoms with Gasteiger partial charge in [-0.2, -0.15) is 0 Å². The van der Waals surface area contributed by atoms with Gasteiger partial charge in [0, 0.05) is 26.5 Å². The largest absolute Gasteiger partial charge is 0.384 e. The third-order valence-corrected chi connectivity index (χ3v) is 1.71. The molecule has 0 aromatic heterocycles. The highest BCUT2D eigenvalue weighted by Crippen LogP contribution is 1.80. The Morgan fingerprint density at radius 2 is 2.15 bits per heavy atom. The van der Waals surface area contributed by atoms with Crippen LogP contribution in [0.2, 0.25) is 0 Å². The lowest BCUT2D eigenvalue weighted by atomic mass is 10.3. The topological polar surface area (TPSA) is 42.8 Å². The van der Waals surface area contributed by atoms with Gasteiger partial charge in [-0.05, 0) is 0 Å². The Bertz CT molecular complexity index is 138. The van der Waals surface area contributed by atoms with Crippen LogP contribution in [0.15, 0.2) is 0 Å². The van der Waals surface area contributed by atoms with Crippen LogP contribution in [0.4, 0.5) is 0 Å². The molecule has 0 unspecified atom stereocenters. The molecule has 0 atom stereocenters. The van der Waals surface area contributed by atoms with Gasteiger partial charge in [0.25, 0.3) is 0 Å². The van der Waals surface area contributed by atoms with E-state index in [1.54, 1.807) is 7.11 Å². The van der Waals surface area contributed by atoms with E-state index in [0.717, 1.165) is 19.5 Å². The number of amides is 1. The van der Waals surface area contributed by atoms with Gasteiger partial charge in [0.1, 0.15) is 0 Å². The number of quaternary nitrogens is 1. The molecule has 0 heterocycles. The molecule has 0 aliphatic rings. The maximum atomic E-state index is 11.0. The first-order valence-electron chi connectivity index (χ1n) is 4.71. The number of methoxy groups -OCH3 is 1. The smallest absolute Gasteiger partial charge is 0.222 e. The van der Waals surface area contributed by atoms with Gasteiger partial charge in [-0.15, -0.1) is 0 Å². The third-order valence-electron chi connectivity index (χ3n) is 1.71. The summed E-state index contributed by atoms with van der Waals surface area (Å²) in [6, 6.07) is 0. The first-order valence-corrected chi connectivity index (χ1v) is 4.71. The quantitative estimate of drug-likeness (QED) is 0.488. The molecule has 13 heavy (non-hydrogen) atoms. The second kappa shape index (κ2) is 8.01. The SMILES string of the molecule is COCCC(=O)NCCC[NH+](C)C. The van der Waals surface area contributed by atoms with Crippen LogP contribution in [0.3, 0.4) is 0 Å². The molecule has 2 N–H and O–H groups in total. The Kier molecular flexibility index (Phi) is 7.63. The summed E-state index contributed by atoms with van der Waals surface area (Å²) in [7, 11) is 5.81. The second-order valence-corrected chi connectivity index (χ2v) is 3.40. The lowest BCUT2D eigenvalue weighted by molar-refractivity contribution is -0.858. The van der Waals surface area contributed by atoms with E-state index >= 15 is 0 Å². The Balaban J connectivity index is 3.17. The first-order chi connectivity index (χ1) is 6.16. The maximum absolute atomic E-state index is 11.0. The van der Waals surface area contributed by atoms with Crippen LogP contribution >= 0.6 is 0 Å². The summed E-state index contributed by atoms with van der Waals surface area (Å²) < 4.78 is 4.79. The van der Waals surface area contributed by atoms with Crippen LogP contribution in [0.25, 0.3) is 0 Å². The fourth-order valence-electron chi connectivity index (χ4n) is 0.953. The van der Waals surface area contributed by atoms with Crippen LogP contribution in [0.1, 0.15) is 12.8 Å². The van der Waals surface area contributed by atoms with Crippen molar-refractivity contribution in [3.63, 3.8) is 0 Å². The molecule has 0 saturated heterocycles. The minimum atomic E-state index is 0.0793. The van der Waals surface area contributed by atoms with E-state index in [0.29, 0.717) is 13.0 Å². The minimum absolute atomic E-state index is 0.0793. The van der Waals surface area contributed by atoms with Crippen LogP contribution in [0, 0.1) is 0 Å². The van der Waals surface area contributed by atoms with Crippen LogP contribution in [-0.4, -0.2) is 46.8 Å². The van der Waals surface area contributed by atoms with E-state index in [4.69, 9.17) is 4.74 Å². The van der Waals surface area contributed by atoms with E-state index in [1.165, 1.54) is 4.90 Å². The molecular weight excluding hydrogens is 168 g/mol. The number of carbonyl (C=O) groups is 1. The fraction of sp³-hybridized carbons (Fsp3) is 0.889. The summed E-state index contributed by atoms with van der Waals surface area (Å²) in [4.78, 5) is 12.5. The standard InChI is InChI=1S/C9H20N2O2/c1-11(2)7-4-6-10-9(12)5-8-13-3/h4-8H2,1-3H3,(H,10,12)/p+1. The molecule has 0 fully saturated rings. The van der Waals surface area contributed by atoms with Gasteiger partial charge in [-0.3, -0.25) is 4.79 Å². The molecule has 1 amide bonds. The highest BCUT2D eigenvalue weighted by Gasteiger charge is 1.99. The summed E-state index contributed by atoms with van der Waals surface area (Å²) >= 11 is 0. The molecule has 4 heteroatoms. The number of carbonyl (C=O) groups excluding carboxylic acids is 1. The Morgan fingerprint density at radius 3 is 2.69 bits per heavy atom. The van der Waals surface area contributed by atoms with Gasteiger partial charge < -0.3 is 15.0 Å². The maximum Gasteiger partial charge on any atom is 0.222 e. The zero-order valence-electron chi connectivity index (χ0n) is 8.85. The summed E-state index contributed by atoms with van der Waals surface area (Å²) in [5, 5.41) is 2.84. The number of hydrogen-bond acceptors (Lipinski definition) is 2. The van der Waals surface area contributed by atoms with Crippen molar-refractivity contribution < 1.29 is 14.4 Å². The molecule has 78 valence electrons. The zero-order valence-corrected chi connectivity index (χ0v) is 8.85. The molecule has 0 radical (unpaired) electrons. The van der Waals surface area contributed by atoms with Crippen LogP contribution < -0.4 is 10.2 Å². The van der Waals surface area contributed by atoms with E-state index in [-0.39, 0.29) is 5.91 Å². The van der Waals surface area contributed by atoms with Gasteiger partial charge in [0.2, 0.25) is 5.91 Å². The van der Waals surface area contributed by atoms with Crippen molar-refractivity contribution in [1.29, 1.82) is 0 Å². The summed E-state index contributed by atoms with van der Waals surface area (Å²) in [6.07, 6.45) is 1.49. The van der Waals surface area contributed by atoms with Gasteiger partial charge in [0.05, 0.1) is 27.2 Å². The molecule has 0 aliphatic carbocycles. The minimum Gasteiger partial charge on any atom is -0.384 e. The van der Waals surface area contributed by atoms with Crippen molar-refractivity contribution in [3.05, 3.63) is 0 Å². The highest BCUT2D eigenvalue weighted by molar-refractivity contribution is 5.75. The summed E-state index contributed by atoms with van der Waals surface area (Å²) in [5.41, 5.74) is 0. The van der Waals surface area contributed by atoms with Gasteiger partial charge in [0.15, 0.2) is 0 Å². The van der Waals surface area contributed by atoms with Crippen molar-refractivity contribution >= 4 is 5.91 Å². The average Bonchev–Trinajstić information content (AvgIpc) is 2.08. The van der Waals surface area contributed by atoms with Crippen molar-refractivity contribution in [2.45, 2.75) is 12.8 Å². The van der Waals surface area contributed by atoms with E-state index in [2.05, 4.69) is 19.4 Å². The molecule has 0 saturated carbocycles. The zero-order chi connectivity index (χ0) is 10.1. The Labute approximate surface area is 80.2 Å². The van der Waals surface area contributed by atoms with Crippen LogP contribution in [0.5, 0.6) is 0 Å². The fourth-order valence-corrected chi connectivity index (χ4v) is 0.953. The number of hydrogen-bond donors (Lipinski definition) is 2. The first kappa shape index (κ1) is 12.4. The number of rotatable bonds is 7. The van der Waals surface area contributed by atoms with Crippen molar-refractivity contribution in [2.24, 2.45) is 0 Å². The van der Waals surface area contributed by atoms with E-state index in [1.807, 2.05) is 0 Å². The lowest BCUT2D eigenvalue weighted by Gasteiger charge is -2.07. The molecular formula is C9H21N2O2+. The molecule has 0 rings (SSSR count). The normalized spacial score (nSPS) is 10.5. The van der Waals surface area contributed by atoms with Gasteiger partial charge >= 0.3 is 0 Å². The Hall–Kier alpha value is -0.610. The van der Waals surface area contributed by atoms with E-state index < -0.39 is 0 Å². The van der Waals surface area contributed by atoms with E-state index in [9.17, 15) is 4.79 Å². The Morgan fingerprint density at radius 1 is 1.46 bits per heavy atom. The third kappa shape index (κ3) is 9.30. The molecule has 4 nitrogen and oxygen atoms in total. The highest BCUT2D eigenvalue weighted by atomic mass is 16.5. The summed E-state index contributed by atoms with van der Waals surface area (Å²) in [6.45, 7) is 2.36. The predicted molar refractivity (Wildman–Crippen MR) is 51.8 cm³/mol. The summed E-state index contributed by atoms with van der Waals surface area (Å²) in [5.74, 6) is 0.0793. The molecule has 0 aromatic carbocycles. The van der Waals surface area contributed by atoms with Gasteiger partial charge in [-0.1, -0.05) is 0 Å². The number of ether oxygens (including phenoxy) is 1. The van der Waals surface area contributed by atoms with Crippen molar-refractivity contribution in [1.82, 2.24) is 5.32 Å².